The predicted molar refractivity (Wildman–Crippen MR) is 143 cm³/mol. The van der Waals surface area contributed by atoms with E-state index in [2.05, 4.69) is 28.8 Å². The zero-order chi connectivity index (χ0) is 24.9. The Balaban J connectivity index is 1.11. The number of carbonyl (C=O) groups excluding carboxylic acids is 1. The van der Waals surface area contributed by atoms with Gasteiger partial charge in [-0.05, 0) is 116 Å². The second-order valence-corrected chi connectivity index (χ2v) is 12.3. The fourth-order valence-corrected chi connectivity index (χ4v) is 8.41. The molecule has 1 amide bonds. The van der Waals surface area contributed by atoms with Crippen LogP contribution in [0.15, 0.2) is 42.5 Å². The van der Waals surface area contributed by atoms with Crippen molar-refractivity contribution in [1.82, 2.24) is 0 Å². The summed E-state index contributed by atoms with van der Waals surface area (Å²) >= 11 is 6.78. The van der Waals surface area contributed by atoms with Crippen LogP contribution in [0.4, 0.5) is 17.1 Å². The third-order valence-corrected chi connectivity index (χ3v) is 9.78. The van der Waals surface area contributed by atoms with E-state index < -0.39 is 17.8 Å². The van der Waals surface area contributed by atoms with E-state index in [0.717, 1.165) is 47.0 Å². The van der Waals surface area contributed by atoms with E-state index in [9.17, 15) is 14.7 Å². The van der Waals surface area contributed by atoms with Crippen molar-refractivity contribution < 1.29 is 14.7 Å². The molecule has 5 aliphatic rings. The first-order chi connectivity index (χ1) is 17.4. The van der Waals surface area contributed by atoms with E-state index in [-0.39, 0.29) is 5.91 Å². The number of hydrogen-bond donors (Lipinski definition) is 3. The molecule has 2 unspecified atom stereocenters. The Morgan fingerprint density at radius 1 is 0.833 bits per heavy atom. The largest absolute Gasteiger partial charge is 0.481 e. The number of anilines is 3. The fourth-order valence-electron chi connectivity index (χ4n) is 8.18. The van der Waals surface area contributed by atoms with Crippen molar-refractivity contribution in [3.8, 4) is 0 Å². The van der Waals surface area contributed by atoms with E-state index in [1.165, 1.54) is 44.1 Å². The molecular formula is C30H35ClN2O3. The van der Waals surface area contributed by atoms with Gasteiger partial charge in [0.25, 0.3) is 0 Å². The summed E-state index contributed by atoms with van der Waals surface area (Å²) in [5.41, 5.74) is 4.18. The summed E-state index contributed by atoms with van der Waals surface area (Å²) in [6, 6.07) is 14.1. The number of halogens is 1. The third kappa shape index (κ3) is 4.51. The van der Waals surface area contributed by atoms with Crippen LogP contribution in [-0.4, -0.2) is 17.0 Å². The number of aliphatic carboxylic acids is 1. The van der Waals surface area contributed by atoms with E-state index >= 15 is 0 Å². The van der Waals surface area contributed by atoms with Gasteiger partial charge >= 0.3 is 5.97 Å². The third-order valence-electron chi connectivity index (χ3n) is 9.47. The Bertz CT molecular complexity index is 1130. The van der Waals surface area contributed by atoms with Crippen molar-refractivity contribution in [3.63, 3.8) is 0 Å². The Kier molecular flexibility index (Phi) is 6.23. The lowest BCUT2D eigenvalue weighted by Gasteiger charge is -2.57. The average Bonchev–Trinajstić information content (AvgIpc) is 2.85. The van der Waals surface area contributed by atoms with Crippen LogP contribution >= 0.6 is 11.6 Å². The molecule has 0 radical (unpaired) electrons. The molecule has 6 heteroatoms. The highest BCUT2D eigenvalue weighted by Gasteiger charge is 2.51. The lowest BCUT2D eigenvalue weighted by Crippen LogP contribution is -2.48. The molecule has 0 saturated heterocycles. The Morgan fingerprint density at radius 2 is 1.42 bits per heavy atom. The maximum atomic E-state index is 12.8. The van der Waals surface area contributed by atoms with Crippen LogP contribution in [-0.2, 0) is 15.0 Å². The predicted octanol–water partition coefficient (Wildman–Crippen LogP) is 7.38. The Morgan fingerprint density at radius 3 is 2.00 bits per heavy atom. The van der Waals surface area contributed by atoms with E-state index in [1.54, 1.807) is 0 Å². The van der Waals surface area contributed by atoms with Gasteiger partial charge in [-0.3, -0.25) is 9.59 Å². The molecule has 3 N–H and O–H groups in total. The number of carboxylic acid groups (broad SMARTS) is 1. The van der Waals surface area contributed by atoms with E-state index in [1.807, 2.05) is 24.3 Å². The molecule has 5 nitrogen and oxygen atoms in total. The van der Waals surface area contributed by atoms with Crippen LogP contribution in [0.5, 0.6) is 0 Å². The minimum Gasteiger partial charge on any atom is -0.481 e. The maximum Gasteiger partial charge on any atom is 0.307 e. The van der Waals surface area contributed by atoms with Crippen molar-refractivity contribution in [1.29, 1.82) is 0 Å². The molecule has 7 rings (SSSR count). The van der Waals surface area contributed by atoms with Gasteiger partial charge in [-0.25, -0.2) is 0 Å². The number of nitrogens with one attached hydrogen (secondary N) is 2. The van der Waals surface area contributed by atoms with Gasteiger partial charge in [0.05, 0.1) is 22.5 Å². The van der Waals surface area contributed by atoms with E-state index in [0.29, 0.717) is 23.9 Å². The average molecular weight is 507 g/mol. The topological polar surface area (TPSA) is 78.4 Å². The molecule has 2 aromatic rings. The Labute approximate surface area is 218 Å². The van der Waals surface area contributed by atoms with Gasteiger partial charge in [0, 0.05) is 11.4 Å². The molecule has 5 saturated carbocycles. The Hall–Kier alpha value is -2.53. The summed E-state index contributed by atoms with van der Waals surface area (Å²) < 4.78 is 0. The summed E-state index contributed by atoms with van der Waals surface area (Å²) in [6.45, 7) is 0. The van der Waals surface area contributed by atoms with Gasteiger partial charge in [0.1, 0.15) is 0 Å². The van der Waals surface area contributed by atoms with Gasteiger partial charge in [0.15, 0.2) is 0 Å². The monoisotopic (exact) mass is 506 g/mol. The maximum absolute atomic E-state index is 12.8. The number of rotatable bonds is 6. The minimum absolute atomic E-state index is 0.203. The summed E-state index contributed by atoms with van der Waals surface area (Å²) in [7, 11) is 0. The summed E-state index contributed by atoms with van der Waals surface area (Å²) in [4.78, 5) is 24.3. The van der Waals surface area contributed by atoms with Crippen molar-refractivity contribution in [2.45, 2.75) is 69.6 Å². The SMILES string of the molecule is O=C(O)C1CCCCC1C(=O)Nc1ccc(Nc2ccc(C34CC5CC(CC(C5)C3)C4)cc2Cl)cc1. The minimum atomic E-state index is -0.875. The molecule has 36 heavy (non-hydrogen) atoms. The quantitative estimate of drug-likeness (QED) is 0.382. The van der Waals surface area contributed by atoms with Crippen molar-refractivity contribution in [2.24, 2.45) is 29.6 Å². The lowest BCUT2D eigenvalue weighted by molar-refractivity contribution is -0.147. The van der Waals surface area contributed by atoms with Crippen LogP contribution in [0.25, 0.3) is 0 Å². The first-order valence-corrected chi connectivity index (χ1v) is 14.0. The van der Waals surface area contributed by atoms with Crippen molar-refractivity contribution >= 4 is 40.5 Å². The summed E-state index contributed by atoms with van der Waals surface area (Å²) in [5.74, 6) is 0.565. The van der Waals surface area contributed by atoms with Crippen LogP contribution in [0, 0.1) is 29.6 Å². The van der Waals surface area contributed by atoms with Crippen LogP contribution < -0.4 is 10.6 Å². The highest BCUT2D eigenvalue weighted by Crippen LogP contribution is 2.61. The summed E-state index contributed by atoms with van der Waals surface area (Å²) in [6.07, 6.45) is 11.2. The fraction of sp³-hybridized carbons (Fsp3) is 0.533. The first kappa shape index (κ1) is 23.8. The van der Waals surface area contributed by atoms with Gasteiger partial charge in [0.2, 0.25) is 5.91 Å². The molecule has 5 aliphatic carbocycles. The number of hydrogen-bond acceptors (Lipinski definition) is 3. The lowest BCUT2D eigenvalue weighted by atomic mass is 9.48. The van der Waals surface area contributed by atoms with Gasteiger partial charge in [-0.1, -0.05) is 30.5 Å². The molecular weight excluding hydrogens is 472 g/mol. The van der Waals surface area contributed by atoms with Crippen molar-refractivity contribution in [3.05, 3.63) is 53.1 Å². The number of carbonyl (C=O) groups is 2. The van der Waals surface area contributed by atoms with Crippen molar-refractivity contribution in [2.75, 3.05) is 10.6 Å². The van der Waals surface area contributed by atoms with Gasteiger partial charge < -0.3 is 15.7 Å². The van der Waals surface area contributed by atoms with E-state index in [4.69, 9.17) is 11.6 Å². The molecule has 0 spiro atoms. The molecule has 4 bridgehead atoms. The van der Waals surface area contributed by atoms with Crippen LogP contribution in [0.2, 0.25) is 5.02 Å². The highest BCUT2D eigenvalue weighted by molar-refractivity contribution is 6.33. The smallest absolute Gasteiger partial charge is 0.307 e. The molecule has 2 atom stereocenters. The molecule has 190 valence electrons. The molecule has 2 aromatic carbocycles. The number of benzene rings is 2. The highest BCUT2D eigenvalue weighted by atomic mass is 35.5. The standard InChI is InChI=1S/C30H35ClN2O3/c31-26-14-21(30-15-18-11-19(16-30)13-20(12-18)17-30)5-10-27(26)32-22-6-8-23(9-7-22)33-28(34)24-3-1-2-4-25(24)29(35)36/h5-10,14,18-20,24-25,32H,1-4,11-13,15-17H2,(H,33,34)(H,35,36). The van der Waals surface area contributed by atoms with Gasteiger partial charge in [-0.2, -0.15) is 0 Å². The number of carboxylic acids is 1. The second-order valence-electron chi connectivity index (χ2n) is 11.9. The molecule has 0 aromatic heterocycles. The molecule has 0 aliphatic heterocycles. The second kappa shape index (κ2) is 9.41. The molecule has 0 heterocycles. The summed E-state index contributed by atoms with van der Waals surface area (Å²) in [5, 5.41) is 16.5. The normalized spacial score (nSPS) is 32.8. The molecule has 5 fully saturated rings. The zero-order valence-corrected chi connectivity index (χ0v) is 21.4. The number of amides is 1. The van der Waals surface area contributed by atoms with Crippen LogP contribution in [0.1, 0.15) is 69.8 Å². The van der Waals surface area contributed by atoms with Crippen LogP contribution in [0.3, 0.4) is 0 Å². The zero-order valence-electron chi connectivity index (χ0n) is 20.6. The van der Waals surface area contributed by atoms with Gasteiger partial charge in [-0.15, -0.1) is 0 Å². The first-order valence-electron chi connectivity index (χ1n) is 13.6.